The SMILES string of the molecule is O=C(NCCN1CCN(C(=O)C2CCC2)CC1)C1CCCN1. The molecular weight excluding hydrogens is 280 g/mol. The van der Waals surface area contributed by atoms with Gasteiger partial charge in [-0.05, 0) is 32.2 Å². The molecule has 124 valence electrons. The summed E-state index contributed by atoms with van der Waals surface area (Å²) >= 11 is 0. The average molecular weight is 308 g/mol. The summed E-state index contributed by atoms with van der Waals surface area (Å²) < 4.78 is 0. The average Bonchev–Trinajstić information content (AvgIpc) is 3.00. The Hall–Kier alpha value is -1.14. The van der Waals surface area contributed by atoms with E-state index in [9.17, 15) is 9.59 Å². The Morgan fingerprint density at radius 2 is 1.82 bits per heavy atom. The van der Waals surface area contributed by atoms with E-state index in [4.69, 9.17) is 0 Å². The summed E-state index contributed by atoms with van der Waals surface area (Å²) in [6.07, 6.45) is 5.43. The van der Waals surface area contributed by atoms with Crippen LogP contribution in [0.5, 0.6) is 0 Å². The molecule has 1 aliphatic carbocycles. The van der Waals surface area contributed by atoms with Gasteiger partial charge in [0.15, 0.2) is 0 Å². The number of hydrogen-bond acceptors (Lipinski definition) is 4. The minimum atomic E-state index is 0.0111. The van der Waals surface area contributed by atoms with Crippen LogP contribution in [0.3, 0.4) is 0 Å². The lowest BCUT2D eigenvalue weighted by atomic mass is 9.84. The van der Waals surface area contributed by atoms with E-state index in [2.05, 4.69) is 15.5 Å². The summed E-state index contributed by atoms with van der Waals surface area (Å²) in [4.78, 5) is 28.4. The molecule has 6 nitrogen and oxygen atoms in total. The predicted molar refractivity (Wildman–Crippen MR) is 84.4 cm³/mol. The van der Waals surface area contributed by atoms with E-state index in [0.29, 0.717) is 18.4 Å². The van der Waals surface area contributed by atoms with Gasteiger partial charge in [0.2, 0.25) is 11.8 Å². The largest absolute Gasteiger partial charge is 0.353 e. The molecule has 0 aromatic heterocycles. The van der Waals surface area contributed by atoms with Crippen molar-refractivity contribution in [1.29, 1.82) is 0 Å². The summed E-state index contributed by atoms with van der Waals surface area (Å²) in [5, 5.41) is 6.23. The zero-order valence-electron chi connectivity index (χ0n) is 13.4. The molecule has 0 bridgehead atoms. The van der Waals surface area contributed by atoms with Crippen molar-refractivity contribution in [1.82, 2.24) is 20.4 Å². The summed E-state index contributed by atoms with van der Waals surface area (Å²) in [6, 6.07) is 0.0111. The first-order valence-electron chi connectivity index (χ1n) is 8.76. The van der Waals surface area contributed by atoms with Crippen LogP contribution in [0.1, 0.15) is 32.1 Å². The van der Waals surface area contributed by atoms with Crippen molar-refractivity contribution in [2.24, 2.45) is 5.92 Å². The summed E-state index contributed by atoms with van der Waals surface area (Å²) in [5.74, 6) is 0.813. The third-order valence-corrected chi connectivity index (χ3v) is 5.24. The first kappa shape index (κ1) is 15.7. The second kappa shape index (κ2) is 7.42. The van der Waals surface area contributed by atoms with Gasteiger partial charge in [0.05, 0.1) is 6.04 Å². The highest BCUT2D eigenvalue weighted by Gasteiger charge is 2.31. The van der Waals surface area contributed by atoms with E-state index in [1.165, 1.54) is 6.42 Å². The molecule has 3 fully saturated rings. The van der Waals surface area contributed by atoms with Crippen molar-refractivity contribution in [2.45, 2.75) is 38.1 Å². The Morgan fingerprint density at radius 3 is 2.41 bits per heavy atom. The highest BCUT2D eigenvalue weighted by Crippen LogP contribution is 2.28. The monoisotopic (exact) mass is 308 g/mol. The Balaban J connectivity index is 1.30. The molecule has 1 unspecified atom stereocenters. The molecule has 0 radical (unpaired) electrons. The Morgan fingerprint density at radius 1 is 1.05 bits per heavy atom. The molecular formula is C16H28N4O2. The van der Waals surface area contributed by atoms with E-state index >= 15 is 0 Å². The van der Waals surface area contributed by atoms with Gasteiger partial charge in [0.25, 0.3) is 0 Å². The van der Waals surface area contributed by atoms with Crippen molar-refractivity contribution in [3.05, 3.63) is 0 Å². The number of rotatable bonds is 5. The molecule has 2 saturated heterocycles. The number of carbonyl (C=O) groups is 2. The van der Waals surface area contributed by atoms with E-state index in [0.717, 1.165) is 65.0 Å². The molecule has 1 atom stereocenters. The molecule has 3 aliphatic rings. The molecule has 0 aromatic carbocycles. The van der Waals surface area contributed by atoms with E-state index < -0.39 is 0 Å². The molecule has 3 rings (SSSR count). The van der Waals surface area contributed by atoms with Crippen molar-refractivity contribution in [2.75, 3.05) is 45.8 Å². The number of amides is 2. The fraction of sp³-hybridized carbons (Fsp3) is 0.875. The molecule has 2 aliphatic heterocycles. The van der Waals surface area contributed by atoms with Crippen molar-refractivity contribution in [3.63, 3.8) is 0 Å². The van der Waals surface area contributed by atoms with Crippen molar-refractivity contribution in [3.8, 4) is 0 Å². The first-order chi connectivity index (χ1) is 10.7. The smallest absolute Gasteiger partial charge is 0.237 e. The number of hydrogen-bond donors (Lipinski definition) is 2. The molecule has 0 aromatic rings. The quantitative estimate of drug-likeness (QED) is 0.738. The Kier molecular flexibility index (Phi) is 5.31. The lowest BCUT2D eigenvalue weighted by Gasteiger charge is -2.38. The fourth-order valence-corrected chi connectivity index (χ4v) is 3.47. The first-order valence-corrected chi connectivity index (χ1v) is 8.76. The zero-order valence-corrected chi connectivity index (χ0v) is 13.4. The minimum Gasteiger partial charge on any atom is -0.353 e. The maximum atomic E-state index is 12.2. The van der Waals surface area contributed by atoms with Gasteiger partial charge in [0.1, 0.15) is 0 Å². The van der Waals surface area contributed by atoms with Crippen LogP contribution < -0.4 is 10.6 Å². The third kappa shape index (κ3) is 3.79. The van der Waals surface area contributed by atoms with E-state index in [1.807, 2.05) is 4.90 Å². The van der Waals surface area contributed by atoms with Crippen LogP contribution >= 0.6 is 0 Å². The Bertz CT molecular complexity index is 397. The normalized spacial score (nSPS) is 26.7. The van der Waals surface area contributed by atoms with Crippen LogP contribution in [0.4, 0.5) is 0 Å². The molecule has 2 N–H and O–H groups in total. The van der Waals surface area contributed by atoms with Crippen LogP contribution in [-0.4, -0.2) is 73.5 Å². The van der Waals surface area contributed by atoms with Gasteiger partial charge < -0.3 is 15.5 Å². The molecule has 0 spiro atoms. The summed E-state index contributed by atoms with van der Waals surface area (Å²) in [6.45, 7) is 6.07. The van der Waals surface area contributed by atoms with Gasteiger partial charge >= 0.3 is 0 Å². The van der Waals surface area contributed by atoms with Gasteiger partial charge in [-0.15, -0.1) is 0 Å². The van der Waals surface area contributed by atoms with Crippen LogP contribution in [0.2, 0.25) is 0 Å². The number of nitrogens with zero attached hydrogens (tertiary/aromatic N) is 2. The second-order valence-electron chi connectivity index (χ2n) is 6.73. The summed E-state index contributed by atoms with van der Waals surface area (Å²) in [7, 11) is 0. The van der Waals surface area contributed by atoms with Crippen LogP contribution in [0.25, 0.3) is 0 Å². The topological polar surface area (TPSA) is 64.7 Å². The molecule has 2 amide bonds. The number of carbonyl (C=O) groups excluding carboxylic acids is 2. The van der Waals surface area contributed by atoms with Crippen LogP contribution in [0, 0.1) is 5.92 Å². The van der Waals surface area contributed by atoms with E-state index in [1.54, 1.807) is 0 Å². The number of nitrogens with one attached hydrogen (secondary N) is 2. The van der Waals surface area contributed by atoms with Gasteiger partial charge in [-0.3, -0.25) is 14.5 Å². The molecule has 22 heavy (non-hydrogen) atoms. The van der Waals surface area contributed by atoms with Gasteiger partial charge in [-0.2, -0.15) is 0 Å². The van der Waals surface area contributed by atoms with Gasteiger partial charge in [0, 0.05) is 45.2 Å². The fourth-order valence-electron chi connectivity index (χ4n) is 3.47. The second-order valence-corrected chi connectivity index (χ2v) is 6.73. The van der Waals surface area contributed by atoms with Crippen LogP contribution in [-0.2, 0) is 9.59 Å². The molecule has 6 heteroatoms. The highest BCUT2D eigenvalue weighted by atomic mass is 16.2. The zero-order chi connectivity index (χ0) is 15.4. The highest BCUT2D eigenvalue weighted by molar-refractivity contribution is 5.82. The third-order valence-electron chi connectivity index (χ3n) is 5.24. The maximum Gasteiger partial charge on any atom is 0.237 e. The maximum absolute atomic E-state index is 12.2. The van der Waals surface area contributed by atoms with Crippen LogP contribution in [0.15, 0.2) is 0 Å². The van der Waals surface area contributed by atoms with Crippen molar-refractivity contribution >= 4 is 11.8 Å². The summed E-state index contributed by atoms with van der Waals surface area (Å²) in [5.41, 5.74) is 0. The standard InChI is InChI=1S/C16H28N4O2/c21-15(14-5-2-6-17-14)18-7-8-19-9-11-20(12-10-19)16(22)13-3-1-4-13/h13-14,17H,1-12H2,(H,18,21). The Labute approximate surface area is 132 Å². The predicted octanol–water partition coefficient (Wildman–Crippen LogP) is -0.201. The lowest BCUT2D eigenvalue weighted by molar-refractivity contribution is -0.139. The molecule has 2 heterocycles. The van der Waals surface area contributed by atoms with Crippen molar-refractivity contribution < 1.29 is 9.59 Å². The minimum absolute atomic E-state index is 0.0111. The number of piperazine rings is 1. The lowest BCUT2D eigenvalue weighted by Crippen LogP contribution is -2.52. The molecule has 1 saturated carbocycles. The van der Waals surface area contributed by atoms with Gasteiger partial charge in [-0.25, -0.2) is 0 Å². The van der Waals surface area contributed by atoms with Gasteiger partial charge in [-0.1, -0.05) is 6.42 Å². The van der Waals surface area contributed by atoms with E-state index in [-0.39, 0.29) is 11.9 Å².